The van der Waals surface area contributed by atoms with Gasteiger partial charge in [0.05, 0.1) is 6.07 Å². The maximum atomic E-state index is 12.1. The van der Waals surface area contributed by atoms with E-state index in [1.807, 2.05) is 6.08 Å². The molecule has 0 heterocycles. The van der Waals surface area contributed by atoms with Crippen LogP contribution in [0.5, 0.6) is 0 Å². The molecule has 0 aromatic rings. The minimum absolute atomic E-state index is 0.121. The molecule has 4 heteroatoms. The molecule has 146 valence electrons. The van der Waals surface area contributed by atoms with Gasteiger partial charge in [-0.15, -0.1) is 11.1 Å². The van der Waals surface area contributed by atoms with Gasteiger partial charge in [0.15, 0.2) is 5.78 Å². The third-order valence-corrected chi connectivity index (χ3v) is 12.8. The van der Waals surface area contributed by atoms with Gasteiger partial charge in [-0.1, -0.05) is 79.1 Å². The average molecular weight is 398 g/mol. The van der Waals surface area contributed by atoms with Gasteiger partial charge in [0, 0.05) is 6.42 Å². The third-order valence-electron chi connectivity index (χ3n) is 5.59. The summed E-state index contributed by atoms with van der Waals surface area (Å²) in [7, 11) is -3.50. The Morgan fingerprint density at radius 3 is 1.89 bits per heavy atom. The van der Waals surface area contributed by atoms with E-state index in [0.717, 1.165) is 0 Å². The topological polar surface area (TPSA) is 40.9 Å². The average Bonchev–Trinajstić information content (AvgIpc) is 2.54. The molecule has 0 bridgehead atoms. The van der Waals surface area contributed by atoms with Crippen LogP contribution >= 0.6 is 0 Å². The molecule has 0 spiro atoms. The Kier molecular flexibility index (Phi) is 7.52. The van der Waals surface area contributed by atoms with E-state index < -0.39 is 27.5 Å². The maximum absolute atomic E-state index is 12.1. The van der Waals surface area contributed by atoms with Crippen LogP contribution < -0.4 is 0 Å². The molecular weight excluding hydrogens is 362 g/mol. The summed E-state index contributed by atoms with van der Waals surface area (Å²) in [5.41, 5.74) is 8.14. The van der Waals surface area contributed by atoms with Crippen molar-refractivity contribution in [3.05, 3.63) is 12.2 Å². The number of nitrogens with zero attached hydrogens (tertiary/aromatic N) is 1. The first-order valence-electron chi connectivity index (χ1n) is 10.0. The summed E-state index contributed by atoms with van der Waals surface area (Å²) in [6.07, 6.45) is 3.79. The number of allylic oxidation sites excluding steroid dienone is 2. The number of nitriles is 1. The van der Waals surface area contributed by atoms with Gasteiger partial charge in [0.25, 0.3) is 0 Å². The van der Waals surface area contributed by atoms with Crippen molar-refractivity contribution in [2.75, 3.05) is 0 Å². The van der Waals surface area contributed by atoms with Gasteiger partial charge in [0.2, 0.25) is 0 Å². The molecule has 2 unspecified atom stereocenters. The fourth-order valence-electron chi connectivity index (χ4n) is 4.11. The molecule has 0 saturated carbocycles. The molecule has 2 nitrogen and oxygen atoms in total. The molecule has 27 heavy (non-hydrogen) atoms. The molecule has 1 aliphatic rings. The summed E-state index contributed by atoms with van der Waals surface area (Å²) < 4.78 is 0. The van der Waals surface area contributed by atoms with Crippen LogP contribution in [0.3, 0.4) is 0 Å². The largest absolute Gasteiger partial charge is 0.293 e. The summed E-state index contributed by atoms with van der Waals surface area (Å²) >= 11 is 0. The predicted octanol–water partition coefficient (Wildman–Crippen LogP) is 5.74. The van der Waals surface area contributed by atoms with Crippen LogP contribution in [0.15, 0.2) is 12.2 Å². The summed E-state index contributed by atoms with van der Waals surface area (Å²) in [6.45, 7) is 20.4. The van der Waals surface area contributed by atoms with Gasteiger partial charge in [-0.25, -0.2) is 0 Å². The zero-order valence-electron chi connectivity index (χ0n) is 18.5. The number of hydrogen-bond acceptors (Lipinski definition) is 2. The zero-order chi connectivity index (χ0) is 21.0. The van der Waals surface area contributed by atoms with Crippen LogP contribution in [-0.2, 0) is 4.79 Å². The van der Waals surface area contributed by atoms with E-state index in [1.165, 1.54) is 6.08 Å². The van der Waals surface area contributed by atoms with Crippen LogP contribution in [0, 0.1) is 45.6 Å². The number of hydrogen-bond donors (Lipinski definition) is 0. The molecule has 0 fully saturated rings. The standard InChI is InChI=1S/C23H35NOSi2/c1-18(2)27(19(3)4,20(5)6)15-13-23(12-14-26(7,8)9)11-10-22(25)21(16-23)17-24/h10-11,18-21H,16H2,1-9H3. The van der Waals surface area contributed by atoms with Gasteiger partial charge in [-0.3, -0.25) is 4.79 Å². The lowest BCUT2D eigenvalue weighted by Crippen LogP contribution is -2.43. The van der Waals surface area contributed by atoms with Crippen molar-refractivity contribution in [1.82, 2.24) is 0 Å². The molecule has 0 N–H and O–H groups in total. The van der Waals surface area contributed by atoms with Crippen molar-refractivity contribution in [2.45, 2.75) is 84.2 Å². The van der Waals surface area contributed by atoms with Crippen LogP contribution in [0.2, 0.25) is 36.3 Å². The van der Waals surface area contributed by atoms with Crippen molar-refractivity contribution >= 4 is 21.9 Å². The predicted molar refractivity (Wildman–Crippen MR) is 120 cm³/mol. The Morgan fingerprint density at radius 1 is 1.00 bits per heavy atom. The lowest BCUT2D eigenvalue weighted by molar-refractivity contribution is -0.117. The second kappa shape index (κ2) is 8.64. The Bertz CT molecular complexity index is 735. The van der Waals surface area contributed by atoms with E-state index in [9.17, 15) is 10.1 Å². The number of rotatable bonds is 3. The van der Waals surface area contributed by atoms with Crippen LogP contribution in [0.25, 0.3) is 0 Å². The van der Waals surface area contributed by atoms with E-state index in [4.69, 9.17) is 0 Å². The maximum Gasteiger partial charge on any atom is 0.172 e. The van der Waals surface area contributed by atoms with Crippen molar-refractivity contribution in [1.29, 1.82) is 5.26 Å². The Morgan fingerprint density at radius 2 is 1.48 bits per heavy atom. The van der Waals surface area contributed by atoms with E-state index in [2.05, 4.69) is 90.2 Å². The van der Waals surface area contributed by atoms with Gasteiger partial charge in [-0.05, 0) is 22.7 Å². The minimum Gasteiger partial charge on any atom is -0.293 e. The fraction of sp³-hybridized carbons (Fsp3) is 0.652. The van der Waals surface area contributed by atoms with E-state index in [-0.39, 0.29) is 5.78 Å². The summed E-state index contributed by atoms with van der Waals surface area (Å²) in [5, 5.41) is 9.43. The Hall–Kier alpha value is -1.55. The Balaban J connectivity index is 3.63. The highest BCUT2D eigenvalue weighted by molar-refractivity contribution is 6.90. The first-order chi connectivity index (χ1) is 12.3. The molecule has 0 aromatic heterocycles. The molecule has 2 atom stereocenters. The van der Waals surface area contributed by atoms with Crippen molar-refractivity contribution in [3.63, 3.8) is 0 Å². The second-order valence-corrected chi connectivity index (χ2v) is 20.1. The minimum atomic E-state index is -1.90. The van der Waals surface area contributed by atoms with Crippen molar-refractivity contribution in [2.24, 2.45) is 11.3 Å². The number of carbonyl (C=O) groups excluding carboxylic acids is 1. The highest BCUT2D eigenvalue weighted by Crippen LogP contribution is 2.41. The third kappa shape index (κ3) is 5.47. The normalized spacial score (nSPS) is 22.9. The number of carbonyl (C=O) groups is 1. The molecule has 1 aliphatic carbocycles. The lowest BCUT2D eigenvalue weighted by Gasteiger charge is -2.38. The summed E-state index contributed by atoms with van der Waals surface area (Å²) in [6, 6.07) is 2.16. The molecule has 1 rings (SSSR count). The SMILES string of the molecule is CC(C)[Si](C#CC1(C#C[Si](C)(C)C)C=CC(=O)C(C#N)C1)(C(C)C)C(C)C. The van der Waals surface area contributed by atoms with Crippen LogP contribution in [0.4, 0.5) is 0 Å². The van der Waals surface area contributed by atoms with E-state index >= 15 is 0 Å². The molecule has 0 amide bonds. The van der Waals surface area contributed by atoms with Gasteiger partial charge in [-0.2, -0.15) is 5.26 Å². The molecule has 0 saturated heterocycles. The molecular formula is C23H35NOSi2. The smallest absolute Gasteiger partial charge is 0.172 e. The van der Waals surface area contributed by atoms with Crippen molar-refractivity contribution in [3.8, 4) is 29.0 Å². The quantitative estimate of drug-likeness (QED) is 0.450. The van der Waals surface area contributed by atoms with Crippen molar-refractivity contribution < 1.29 is 4.79 Å². The highest BCUT2D eigenvalue weighted by Gasteiger charge is 2.43. The number of ketones is 1. The van der Waals surface area contributed by atoms with Crippen LogP contribution in [-0.4, -0.2) is 21.9 Å². The second-order valence-electron chi connectivity index (χ2n) is 9.74. The first kappa shape index (κ1) is 23.5. The molecule has 0 aromatic carbocycles. The monoisotopic (exact) mass is 397 g/mol. The fourth-order valence-corrected chi connectivity index (χ4v) is 10.0. The lowest BCUT2D eigenvalue weighted by atomic mass is 9.75. The van der Waals surface area contributed by atoms with Crippen LogP contribution in [0.1, 0.15) is 48.0 Å². The Labute approximate surface area is 168 Å². The molecule has 0 aliphatic heterocycles. The van der Waals surface area contributed by atoms with Gasteiger partial charge >= 0.3 is 0 Å². The first-order valence-corrected chi connectivity index (χ1v) is 15.7. The zero-order valence-corrected chi connectivity index (χ0v) is 20.5. The summed E-state index contributed by atoms with van der Waals surface area (Å²) in [5.74, 6) is 6.20. The molecule has 0 radical (unpaired) electrons. The summed E-state index contributed by atoms with van der Waals surface area (Å²) in [4.78, 5) is 12.1. The van der Waals surface area contributed by atoms with Gasteiger partial charge < -0.3 is 0 Å². The van der Waals surface area contributed by atoms with E-state index in [0.29, 0.717) is 23.0 Å². The van der Waals surface area contributed by atoms with Gasteiger partial charge in [0.1, 0.15) is 27.5 Å². The van der Waals surface area contributed by atoms with E-state index in [1.54, 1.807) is 0 Å². The highest BCUT2D eigenvalue weighted by atomic mass is 28.3.